The van der Waals surface area contributed by atoms with Gasteiger partial charge in [0.1, 0.15) is 0 Å². The number of hydrogen-bond donors (Lipinski definition) is 0. The second kappa shape index (κ2) is 18.2. The van der Waals surface area contributed by atoms with Crippen molar-refractivity contribution in [3.8, 4) is 0 Å². The highest BCUT2D eigenvalue weighted by atomic mass is 14.6. The van der Waals surface area contributed by atoms with Gasteiger partial charge >= 0.3 is 0 Å². The minimum Gasteiger partial charge on any atom is -0.301 e. The van der Waals surface area contributed by atoms with E-state index in [9.17, 15) is 0 Å². The van der Waals surface area contributed by atoms with Crippen LogP contribution in [0.25, 0.3) is 0 Å². The van der Waals surface area contributed by atoms with Gasteiger partial charge in [0.25, 0.3) is 0 Å². The first-order chi connectivity index (χ1) is 5.97. The second-order valence-corrected chi connectivity index (χ2v) is 3.27. The maximum atomic E-state index is 3.88. The molecule has 0 saturated heterocycles. The van der Waals surface area contributed by atoms with E-state index in [-0.39, 0.29) is 12.8 Å². The van der Waals surface area contributed by atoms with Crippen molar-refractivity contribution in [3.05, 3.63) is 0 Å². The summed E-state index contributed by atoms with van der Waals surface area (Å²) in [5.41, 5.74) is 0.259. The van der Waals surface area contributed by atoms with Gasteiger partial charge in [0.15, 0.2) is 0 Å². The van der Waals surface area contributed by atoms with Gasteiger partial charge in [-0.05, 0) is 18.6 Å². The molecule has 0 radical (unpaired) electrons. The molecule has 0 fully saturated rings. The van der Waals surface area contributed by atoms with Crippen LogP contribution in [0.5, 0.6) is 0 Å². The van der Waals surface area contributed by atoms with Crippen LogP contribution in [0.1, 0.15) is 49.0 Å². The van der Waals surface area contributed by atoms with Gasteiger partial charge in [0, 0.05) is 20.3 Å². The third-order valence-corrected chi connectivity index (χ3v) is 0.775. The number of nitrogens with zero attached hydrogens (tertiary/aromatic N) is 2. The molecule has 0 heterocycles. The third-order valence-electron chi connectivity index (χ3n) is 0.775. The summed E-state index contributed by atoms with van der Waals surface area (Å²) in [6.45, 7) is 12.3. The Morgan fingerprint density at radius 3 is 1.21 bits per heavy atom. The normalized spacial score (nSPS) is 9.71. The van der Waals surface area contributed by atoms with Crippen LogP contribution in [0.2, 0.25) is 0 Å². The second-order valence-electron chi connectivity index (χ2n) is 3.27. The topological polar surface area (TPSA) is 24.7 Å². The van der Waals surface area contributed by atoms with E-state index < -0.39 is 0 Å². The van der Waals surface area contributed by atoms with Crippen molar-refractivity contribution in [1.82, 2.24) is 0 Å². The quantitative estimate of drug-likeness (QED) is 0.528. The molecule has 0 unspecified atom stereocenters. The molecule has 0 bridgehead atoms. The van der Waals surface area contributed by atoms with E-state index in [1.54, 1.807) is 20.3 Å². The maximum absolute atomic E-state index is 3.88. The number of aliphatic imine (C=N–C) groups is 2. The molecule has 0 rings (SSSR count). The first-order valence-electron chi connectivity index (χ1n) is 4.78. The van der Waals surface area contributed by atoms with Gasteiger partial charge in [0.2, 0.25) is 0 Å². The summed E-state index contributed by atoms with van der Waals surface area (Å²) < 4.78 is 0. The Balaban J connectivity index is -0.0000000620. The summed E-state index contributed by atoms with van der Waals surface area (Å²) in [5.74, 6) is 0. The van der Waals surface area contributed by atoms with Crippen LogP contribution in [-0.4, -0.2) is 26.5 Å². The molecule has 0 aliphatic carbocycles. The zero-order chi connectivity index (χ0) is 11.3. The zero-order valence-electron chi connectivity index (χ0n) is 10.5. The van der Waals surface area contributed by atoms with Crippen LogP contribution in [0.3, 0.4) is 0 Å². The average molecular weight is 202 g/mol. The lowest BCUT2D eigenvalue weighted by Crippen LogP contribution is -2.05. The van der Waals surface area contributed by atoms with Crippen molar-refractivity contribution in [3.63, 3.8) is 0 Å². The monoisotopic (exact) mass is 202 g/mol. The van der Waals surface area contributed by atoms with Crippen LogP contribution in [0, 0.1) is 5.41 Å². The van der Waals surface area contributed by atoms with E-state index in [0.717, 1.165) is 0 Å². The fraction of sp³-hybridized carbons (Fsp3) is 0.833. The highest BCUT2D eigenvalue weighted by Crippen LogP contribution is 2.07. The average Bonchev–Trinajstić information content (AvgIpc) is 2.07. The molecule has 88 valence electrons. The van der Waals surface area contributed by atoms with Crippen molar-refractivity contribution in [2.75, 3.05) is 14.1 Å². The molecular formula is C12H30N2. The molecule has 0 saturated carbocycles. The molecule has 0 aromatic heterocycles. The Morgan fingerprint density at radius 2 is 1.21 bits per heavy atom. The minimum absolute atomic E-state index is 0. The third kappa shape index (κ3) is 64.4. The molecule has 0 spiro atoms. The van der Waals surface area contributed by atoms with E-state index in [1.807, 2.05) is 27.0 Å². The Labute approximate surface area is 91.6 Å². The summed E-state index contributed by atoms with van der Waals surface area (Å²) in [6.07, 6.45) is 3.69. The fourth-order valence-corrected chi connectivity index (χ4v) is 0.387. The Bertz CT molecular complexity index is 115. The van der Waals surface area contributed by atoms with Crippen LogP contribution in [-0.2, 0) is 0 Å². The first kappa shape index (κ1) is 23.3. The molecule has 2 heteroatoms. The van der Waals surface area contributed by atoms with Gasteiger partial charge < -0.3 is 9.98 Å². The smallest absolute Gasteiger partial charge is 0.0273 e. The Hall–Kier alpha value is -0.660. The molecule has 0 atom stereocenters. The Morgan fingerprint density at radius 1 is 0.929 bits per heavy atom. The molecule has 0 aromatic carbocycles. The summed E-state index contributed by atoms with van der Waals surface area (Å²) in [5, 5.41) is 0. The summed E-state index contributed by atoms with van der Waals surface area (Å²) in [6, 6.07) is 0. The molecule has 0 amide bonds. The predicted octanol–water partition coefficient (Wildman–Crippen LogP) is 4.10. The van der Waals surface area contributed by atoms with Gasteiger partial charge in [-0.15, -0.1) is 0 Å². The van der Waals surface area contributed by atoms with Gasteiger partial charge in [0.05, 0.1) is 0 Å². The largest absolute Gasteiger partial charge is 0.301 e. The lowest BCUT2D eigenvalue weighted by molar-refractivity contribution is 0.606. The first-order valence-corrected chi connectivity index (χ1v) is 4.78. The molecule has 0 aromatic rings. The van der Waals surface area contributed by atoms with Crippen LogP contribution >= 0.6 is 0 Å². The lowest BCUT2D eigenvalue weighted by atomic mass is 9.99. The SMILES string of the molecule is C.CC.CC=NC.CN=CC(C)(C)C. The Kier molecular flexibility index (Phi) is 30.3. The van der Waals surface area contributed by atoms with E-state index in [0.29, 0.717) is 0 Å². The van der Waals surface area contributed by atoms with Gasteiger partial charge in [-0.25, -0.2) is 0 Å². The van der Waals surface area contributed by atoms with Crippen molar-refractivity contribution < 1.29 is 0 Å². The highest BCUT2D eigenvalue weighted by Gasteiger charge is 2.02. The summed E-state index contributed by atoms with van der Waals surface area (Å²) >= 11 is 0. The van der Waals surface area contributed by atoms with Gasteiger partial charge in [-0.3, -0.25) is 0 Å². The summed E-state index contributed by atoms with van der Waals surface area (Å²) in [7, 11) is 3.55. The van der Waals surface area contributed by atoms with Crippen molar-refractivity contribution in [2.24, 2.45) is 15.4 Å². The molecule has 14 heavy (non-hydrogen) atoms. The minimum atomic E-state index is 0. The number of hydrogen-bond acceptors (Lipinski definition) is 2. The molecule has 2 nitrogen and oxygen atoms in total. The molecule has 0 aliphatic heterocycles. The van der Waals surface area contributed by atoms with Crippen LogP contribution in [0.15, 0.2) is 9.98 Å². The maximum Gasteiger partial charge on any atom is 0.0273 e. The number of rotatable bonds is 0. The van der Waals surface area contributed by atoms with Crippen molar-refractivity contribution >= 4 is 12.4 Å². The highest BCUT2D eigenvalue weighted by molar-refractivity contribution is 5.63. The van der Waals surface area contributed by atoms with E-state index in [1.165, 1.54) is 0 Å². The predicted molar refractivity (Wildman–Crippen MR) is 72.0 cm³/mol. The van der Waals surface area contributed by atoms with Crippen molar-refractivity contribution in [1.29, 1.82) is 0 Å². The van der Waals surface area contributed by atoms with Crippen molar-refractivity contribution in [2.45, 2.75) is 49.0 Å². The lowest BCUT2D eigenvalue weighted by Gasteiger charge is -2.08. The summed E-state index contributed by atoms with van der Waals surface area (Å²) in [4.78, 5) is 7.49. The molecule has 0 aliphatic rings. The van der Waals surface area contributed by atoms with Crippen LogP contribution in [0.4, 0.5) is 0 Å². The zero-order valence-corrected chi connectivity index (χ0v) is 10.5. The fourth-order valence-electron chi connectivity index (χ4n) is 0.387. The van der Waals surface area contributed by atoms with Gasteiger partial charge in [-0.2, -0.15) is 0 Å². The van der Waals surface area contributed by atoms with Crippen LogP contribution < -0.4 is 0 Å². The standard InChI is InChI=1S/C6H13N.C3H7N.C2H6.CH4/c1-6(2,3)5-7-4;1-3-4-2;1-2;/h5H,1-4H3;3H,1-2H3;1-2H3;1H4. The molecule has 0 N–H and O–H groups in total. The van der Waals surface area contributed by atoms with Gasteiger partial charge in [-0.1, -0.05) is 42.0 Å². The van der Waals surface area contributed by atoms with E-state index >= 15 is 0 Å². The van der Waals surface area contributed by atoms with E-state index in [2.05, 4.69) is 30.8 Å². The van der Waals surface area contributed by atoms with E-state index in [4.69, 9.17) is 0 Å². The molecular weight excluding hydrogens is 172 g/mol.